The van der Waals surface area contributed by atoms with Crippen LogP contribution in [0.2, 0.25) is 0 Å². The van der Waals surface area contributed by atoms with E-state index in [0.29, 0.717) is 11.8 Å². The fourth-order valence-corrected chi connectivity index (χ4v) is 4.91. The summed E-state index contributed by atoms with van der Waals surface area (Å²) in [6.07, 6.45) is 4.99. The summed E-state index contributed by atoms with van der Waals surface area (Å²) in [5, 5.41) is 3.91. The second-order valence-corrected chi connectivity index (χ2v) is 9.02. The van der Waals surface area contributed by atoms with Gasteiger partial charge in [0.25, 0.3) is 10.2 Å². The monoisotopic (exact) mass is 337 g/mol. The van der Waals surface area contributed by atoms with Gasteiger partial charge in [-0.15, -0.1) is 0 Å². The molecule has 0 heterocycles. The molecule has 1 saturated carbocycles. The molecule has 1 fully saturated rings. The molecular formula is C14H31N3O2S2. The van der Waals surface area contributed by atoms with Gasteiger partial charge in [0.05, 0.1) is 0 Å². The minimum absolute atomic E-state index is 0.111. The van der Waals surface area contributed by atoms with Crippen molar-refractivity contribution < 1.29 is 8.42 Å². The van der Waals surface area contributed by atoms with Crippen LogP contribution in [0.4, 0.5) is 0 Å². The van der Waals surface area contributed by atoms with Crippen LogP contribution < -0.4 is 10.0 Å². The molecule has 2 N–H and O–H groups in total. The van der Waals surface area contributed by atoms with Crippen LogP contribution in [-0.4, -0.2) is 56.4 Å². The fourth-order valence-electron chi connectivity index (χ4n) is 2.58. The zero-order valence-corrected chi connectivity index (χ0v) is 15.2. The molecule has 0 saturated heterocycles. The van der Waals surface area contributed by atoms with E-state index in [4.69, 9.17) is 0 Å². The minimum atomic E-state index is -3.33. The summed E-state index contributed by atoms with van der Waals surface area (Å²) in [6.45, 7) is 6.70. The fraction of sp³-hybridized carbons (Fsp3) is 1.00. The standard InChI is InChI=1S/C14H31N3O2S2/c1-4-9-15-10-6-11-17(3)21(18,19)16-13-7-8-14(12-13)20-5-2/h13-16H,4-12H2,1-3H3. The summed E-state index contributed by atoms with van der Waals surface area (Å²) in [5.74, 6) is 1.11. The molecule has 0 bridgehead atoms. The highest BCUT2D eigenvalue weighted by atomic mass is 32.2. The van der Waals surface area contributed by atoms with E-state index in [9.17, 15) is 8.42 Å². The Morgan fingerprint density at radius 1 is 1.24 bits per heavy atom. The number of rotatable bonds is 11. The second kappa shape index (κ2) is 10.0. The summed E-state index contributed by atoms with van der Waals surface area (Å²) in [5.41, 5.74) is 0. The van der Waals surface area contributed by atoms with E-state index < -0.39 is 10.2 Å². The molecule has 7 heteroatoms. The third-order valence-electron chi connectivity index (χ3n) is 3.77. The van der Waals surface area contributed by atoms with E-state index in [0.717, 1.165) is 50.9 Å². The summed E-state index contributed by atoms with van der Waals surface area (Å²) in [4.78, 5) is 0. The van der Waals surface area contributed by atoms with Gasteiger partial charge in [-0.2, -0.15) is 29.2 Å². The first-order chi connectivity index (χ1) is 9.99. The quantitative estimate of drug-likeness (QED) is 0.565. The number of hydrogen-bond acceptors (Lipinski definition) is 4. The predicted octanol–water partition coefficient (Wildman–Crippen LogP) is 1.82. The van der Waals surface area contributed by atoms with Gasteiger partial charge in [0.1, 0.15) is 0 Å². The molecule has 126 valence electrons. The van der Waals surface area contributed by atoms with Gasteiger partial charge < -0.3 is 5.32 Å². The maximum Gasteiger partial charge on any atom is 0.279 e. The van der Waals surface area contributed by atoms with Gasteiger partial charge in [0, 0.05) is 24.9 Å². The van der Waals surface area contributed by atoms with Crippen LogP contribution in [0.25, 0.3) is 0 Å². The van der Waals surface area contributed by atoms with Crippen molar-refractivity contribution in [2.24, 2.45) is 0 Å². The van der Waals surface area contributed by atoms with E-state index in [1.807, 2.05) is 11.8 Å². The zero-order chi connectivity index (χ0) is 15.7. The SMILES string of the molecule is CCCNCCCN(C)S(=O)(=O)NC1CCC(SCC)C1. The first kappa shape index (κ1) is 19.2. The highest BCUT2D eigenvalue weighted by Crippen LogP contribution is 2.30. The third-order valence-corrected chi connectivity index (χ3v) is 6.63. The van der Waals surface area contributed by atoms with Gasteiger partial charge in [-0.1, -0.05) is 13.8 Å². The molecule has 0 spiro atoms. The highest BCUT2D eigenvalue weighted by Gasteiger charge is 2.29. The zero-order valence-electron chi connectivity index (χ0n) is 13.6. The van der Waals surface area contributed by atoms with Crippen LogP contribution in [0.5, 0.6) is 0 Å². The van der Waals surface area contributed by atoms with E-state index in [2.05, 4.69) is 23.9 Å². The summed E-state index contributed by atoms with van der Waals surface area (Å²) >= 11 is 1.94. The molecule has 2 atom stereocenters. The number of nitrogens with zero attached hydrogens (tertiary/aromatic N) is 1. The highest BCUT2D eigenvalue weighted by molar-refractivity contribution is 7.99. The molecule has 0 radical (unpaired) electrons. The molecular weight excluding hydrogens is 306 g/mol. The topological polar surface area (TPSA) is 61.4 Å². The largest absolute Gasteiger partial charge is 0.317 e. The lowest BCUT2D eigenvalue weighted by Gasteiger charge is -2.21. The predicted molar refractivity (Wildman–Crippen MR) is 92.0 cm³/mol. The van der Waals surface area contributed by atoms with Gasteiger partial charge in [0.15, 0.2) is 0 Å². The Kier molecular flexibility index (Phi) is 9.20. The van der Waals surface area contributed by atoms with Gasteiger partial charge in [-0.3, -0.25) is 0 Å². The summed E-state index contributed by atoms with van der Waals surface area (Å²) < 4.78 is 28.8. The average molecular weight is 338 g/mol. The lowest BCUT2D eigenvalue weighted by molar-refractivity contribution is 0.435. The van der Waals surface area contributed by atoms with Gasteiger partial charge in [-0.05, 0) is 50.9 Å². The molecule has 21 heavy (non-hydrogen) atoms. The van der Waals surface area contributed by atoms with E-state index in [1.165, 1.54) is 4.31 Å². The lowest BCUT2D eigenvalue weighted by Crippen LogP contribution is -2.43. The molecule has 2 unspecified atom stereocenters. The van der Waals surface area contributed by atoms with Crippen molar-refractivity contribution in [3.63, 3.8) is 0 Å². The van der Waals surface area contributed by atoms with Crippen molar-refractivity contribution in [3.8, 4) is 0 Å². The van der Waals surface area contributed by atoms with Gasteiger partial charge in [0.2, 0.25) is 0 Å². The van der Waals surface area contributed by atoms with E-state index >= 15 is 0 Å². The van der Waals surface area contributed by atoms with E-state index in [1.54, 1.807) is 7.05 Å². The first-order valence-electron chi connectivity index (χ1n) is 8.05. The van der Waals surface area contributed by atoms with Crippen LogP contribution in [0.15, 0.2) is 0 Å². The summed E-state index contributed by atoms with van der Waals surface area (Å²) in [7, 11) is -1.67. The molecule has 0 aliphatic heterocycles. The summed E-state index contributed by atoms with van der Waals surface area (Å²) in [6, 6.07) is 0.111. The van der Waals surface area contributed by atoms with E-state index in [-0.39, 0.29) is 6.04 Å². The second-order valence-electron chi connectivity index (χ2n) is 5.64. The van der Waals surface area contributed by atoms with Crippen molar-refractivity contribution in [2.75, 3.05) is 32.4 Å². The maximum absolute atomic E-state index is 12.3. The molecule has 0 aromatic heterocycles. The van der Waals surface area contributed by atoms with Crippen molar-refractivity contribution in [2.45, 2.75) is 57.2 Å². The van der Waals surface area contributed by atoms with Crippen molar-refractivity contribution in [1.29, 1.82) is 0 Å². The Balaban J connectivity index is 2.28. The molecule has 0 aromatic rings. The van der Waals surface area contributed by atoms with Crippen LogP contribution in [0.1, 0.15) is 46.0 Å². The van der Waals surface area contributed by atoms with Crippen molar-refractivity contribution in [1.82, 2.24) is 14.3 Å². The minimum Gasteiger partial charge on any atom is -0.317 e. The molecule has 0 amide bonds. The maximum atomic E-state index is 12.3. The van der Waals surface area contributed by atoms with Crippen molar-refractivity contribution >= 4 is 22.0 Å². The Labute approximate surface area is 134 Å². The number of nitrogens with one attached hydrogen (secondary N) is 2. The molecule has 0 aromatic carbocycles. The van der Waals surface area contributed by atoms with Gasteiger partial charge >= 0.3 is 0 Å². The number of thioether (sulfide) groups is 1. The Bertz CT molecular complexity index is 376. The Morgan fingerprint density at radius 2 is 2.00 bits per heavy atom. The smallest absolute Gasteiger partial charge is 0.279 e. The Hall–Kier alpha value is 0.180. The molecule has 1 aliphatic carbocycles. The van der Waals surface area contributed by atoms with Crippen molar-refractivity contribution in [3.05, 3.63) is 0 Å². The molecule has 5 nitrogen and oxygen atoms in total. The first-order valence-corrected chi connectivity index (χ1v) is 10.5. The number of hydrogen-bond donors (Lipinski definition) is 2. The third kappa shape index (κ3) is 7.32. The van der Waals surface area contributed by atoms with Gasteiger partial charge in [-0.25, -0.2) is 0 Å². The molecule has 1 aliphatic rings. The Morgan fingerprint density at radius 3 is 2.67 bits per heavy atom. The average Bonchev–Trinajstić information content (AvgIpc) is 2.85. The van der Waals surface area contributed by atoms with Crippen LogP contribution in [-0.2, 0) is 10.2 Å². The van der Waals surface area contributed by atoms with Crippen LogP contribution in [0.3, 0.4) is 0 Å². The molecule has 1 rings (SSSR count). The normalized spacial score (nSPS) is 23.0. The van der Waals surface area contributed by atoms with Crippen LogP contribution >= 0.6 is 11.8 Å². The lowest BCUT2D eigenvalue weighted by atomic mass is 10.3. The van der Waals surface area contributed by atoms with Crippen LogP contribution in [0, 0.1) is 0 Å².